The number of rotatable bonds is 7. The van der Waals surface area contributed by atoms with E-state index in [-0.39, 0.29) is 0 Å². The van der Waals surface area contributed by atoms with Gasteiger partial charge in [-0.2, -0.15) is 0 Å². The Morgan fingerprint density at radius 1 is 1.09 bits per heavy atom. The summed E-state index contributed by atoms with van der Waals surface area (Å²) in [5.74, 6) is 2.52. The molecule has 0 saturated heterocycles. The van der Waals surface area contributed by atoms with E-state index in [2.05, 4.69) is 24.4 Å². The molecule has 2 aromatic carbocycles. The number of nitrogens with one attached hydrogen (secondary N) is 1. The molecule has 0 unspecified atom stereocenters. The molecule has 1 aliphatic heterocycles. The minimum Gasteiger partial charge on any atom is -0.494 e. The molecule has 0 saturated carbocycles. The summed E-state index contributed by atoms with van der Waals surface area (Å²) in [6.07, 6.45) is 2.23. The molecule has 2 aromatic rings. The Bertz CT molecular complexity index is 627. The van der Waals surface area contributed by atoms with E-state index in [1.54, 1.807) is 0 Å². The second-order valence-electron chi connectivity index (χ2n) is 5.27. The molecule has 0 bridgehead atoms. The molecule has 0 aromatic heterocycles. The lowest BCUT2D eigenvalue weighted by molar-refractivity contribution is 0.174. The van der Waals surface area contributed by atoms with Gasteiger partial charge in [-0.15, -0.1) is 0 Å². The maximum Gasteiger partial charge on any atom is 0.231 e. The number of hydrogen-bond donors (Lipinski definition) is 1. The van der Waals surface area contributed by atoms with E-state index >= 15 is 0 Å². The molecular formula is C18H21NO3. The Hall–Kier alpha value is -2.36. The summed E-state index contributed by atoms with van der Waals surface area (Å²) in [5, 5.41) is 3.39. The summed E-state index contributed by atoms with van der Waals surface area (Å²) in [5.41, 5.74) is 2.20. The van der Waals surface area contributed by atoms with Crippen molar-refractivity contribution in [3.05, 3.63) is 48.0 Å². The normalized spacial score (nSPS) is 12.2. The number of unbranched alkanes of at least 4 members (excludes halogenated alkanes) is 1. The van der Waals surface area contributed by atoms with Crippen LogP contribution in [0.5, 0.6) is 17.2 Å². The summed E-state index contributed by atoms with van der Waals surface area (Å²) in [6, 6.07) is 14.1. The lowest BCUT2D eigenvalue weighted by atomic mass is 10.2. The fourth-order valence-electron chi connectivity index (χ4n) is 2.29. The first kappa shape index (κ1) is 14.6. The van der Waals surface area contributed by atoms with Gasteiger partial charge in [0.05, 0.1) is 6.61 Å². The van der Waals surface area contributed by atoms with Crippen LogP contribution in [-0.2, 0) is 6.54 Å². The first-order chi connectivity index (χ1) is 10.8. The second-order valence-corrected chi connectivity index (χ2v) is 5.27. The van der Waals surface area contributed by atoms with Gasteiger partial charge in [0.2, 0.25) is 6.79 Å². The van der Waals surface area contributed by atoms with Gasteiger partial charge in [0.1, 0.15) is 5.75 Å². The van der Waals surface area contributed by atoms with E-state index in [1.807, 2.05) is 30.3 Å². The maximum absolute atomic E-state index is 5.74. The van der Waals surface area contributed by atoms with Crippen LogP contribution < -0.4 is 19.5 Å². The van der Waals surface area contributed by atoms with Gasteiger partial charge >= 0.3 is 0 Å². The van der Waals surface area contributed by atoms with Crippen molar-refractivity contribution >= 4 is 5.69 Å². The number of anilines is 1. The zero-order valence-corrected chi connectivity index (χ0v) is 12.8. The molecular weight excluding hydrogens is 278 g/mol. The van der Waals surface area contributed by atoms with Gasteiger partial charge in [0.15, 0.2) is 11.5 Å². The average molecular weight is 299 g/mol. The Morgan fingerprint density at radius 2 is 2.00 bits per heavy atom. The highest BCUT2D eigenvalue weighted by Crippen LogP contribution is 2.34. The summed E-state index contributed by atoms with van der Waals surface area (Å²) < 4.78 is 16.4. The van der Waals surface area contributed by atoms with Crippen molar-refractivity contribution in [1.29, 1.82) is 0 Å². The Balaban J connectivity index is 1.58. The van der Waals surface area contributed by atoms with E-state index in [0.29, 0.717) is 6.79 Å². The van der Waals surface area contributed by atoms with Gasteiger partial charge < -0.3 is 19.5 Å². The molecule has 1 aliphatic rings. The maximum atomic E-state index is 5.74. The Morgan fingerprint density at radius 3 is 2.91 bits per heavy atom. The summed E-state index contributed by atoms with van der Waals surface area (Å²) in [7, 11) is 0. The first-order valence-corrected chi connectivity index (χ1v) is 7.70. The van der Waals surface area contributed by atoms with E-state index < -0.39 is 0 Å². The molecule has 22 heavy (non-hydrogen) atoms. The average Bonchev–Trinajstić information content (AvgIpc) is 3.01. The SMILES string of the molecule is CCCCOc1cccc(CNc2ccc3c(c2)OCO3)c1. The van der Waals surface area contributed by atoms with Crippen LogP contribution in [0, 0.1) is 0 Å². The number of fused-ring (bicyclic) bond motifs is 1. The molecule has 0 fully saturated rings. The van der Waals surface area contributed by atoms with Gasteiger partial charge in [0, 0.05) is 18.3 Å². The first-order valence-electron chi connectivity index (χ1n) is 7.70. The summed E-state index contributed by atoms with van der Waals surface area (Å²) in [4.78, 5) is 0. The molecule has 3 rings (SSSR count). The summed E-state index contributed by atoms with van der Waals surface area (Å²) in [6.45, 7) is 3.98. The minimum absolute atomic E-state index is 0.302. The predicted octanol–water partition coefficient (Wildman–Crippen LogP) is 4.21. The fourth-order valence-corrected chi connectivity index (χ4v) is 2.29. The van der Waals surface area contributed by atoms with Crippen molar-refractivity contribution in [2.45, 2.75) is 26.3 Å². The van der Waals surface area contributed by atoms with Gasteiger partial charge in [-0.3, -0.25) is 0 Å². The van der Waals surface area contributed by atoms with Crippen molar-refractivity contribution in [2.24, 2.45) is 0 Å². The number of benzene rings is 2. The quantitative estimate of drug-likeness (QED) is 0.778. The van der Waals surface area contributed by atoms with E-state index in [0.717, 1.165) is 48.9 Å². The van der Waals surface area contributed by atoms with Crippen molar-refractivity contribution in [3.8, 4) is 17.2 Å². The smallest absolute Gasteiger partial charge is 0.231 e. The van der Waals surface area contributed by atoms with Crippen LogP contribution in [0.2, 0.25) is 0 Å². The third kappa shape index (κ3) is 3.64. The number of hydrogen-bond acceptors (Lipinski definition) is 4. The molecule has 1 heterocycles. The van der Waals surface area contributed by atoms with Crippen LogP contribution in [-0.4, -0.2) is 13.4 Å². The minimum atomic E-state index is 0.302. The highest BCUT2D eigenvalue weighted by atomic mass is 16.7. The number of ether oxygens (including phenoxy) is 3. The molecule has 0 atom stereocenters. The van der Waals surface area contributed by atoms with E-state index in [9.17, 15) is 0 Å². The predicted molar refractivity (Wildman–Crippen MR) is 86.7 cm³/mol. The van der Waals surface area contributed by atoms with Gasteiger partial charge in [-0.1, -0.05) is 25.5 Å². The Kier molecular flexibility index (Phi) is 4.68. The molecule has 116 valence electrons. The van der Waals surface area contributed by atoms with E-state index in [4.69, 9.17) is 14.2 Å². The third-order valence-electron chi connectivity index (χ3n) is 3.53. The molecule has 0 amide bonds. The molecule has 0 radical (unpaired) electrons. The lowest BCUT2D eigenvalue weighted by Crippen LogP contribution is -2.01. The topological polar surface area (TPSA) is 39.7 Å². The highest BCUT2D eigenvalue weighted by Gasteiger charge is 2.12. The van der Waals surface area contributed by atoms with Crippen LogP contribution in [0.15, 0.2) is 42.5 Å². The van der Waals surface area contributed by atoms with Crippen LogP contribution in [0.25, 0.3) is 0 Å². The lowest BCUT2D eigenvalue weighted by Gasteiger charge is -2.10. The third-order valence-corrected chi connectivity index (χ3v) is 3.53. The van der Waals surface area contributed by atoms with Crippen molar-refractivity contribution in [3.63, 3.8) is 0 Å². The largest absolute Gasteiger partial charge is 0.494 e. The zero-order chi connectivity index (χ0) is 15.2. The molecule has 0 aliphatic carbocycles. The molecule has 4 nitrogen and oxygen atoms in total. The van der Waals surface area contributed by atoms with Crippen molar-refractivity contribution in [1.82, 2.24) is 0 Å². The second kappa shape index (κ2) is 7.07. The summed E-state index contributed by atoms with van der Waals surface area (Å²) >= 11 is 0. The van der Waals surface area contributed by atoms with Crippen LogP contribution in [0.4, 0.5) is 5.69 Å². The standard InChI is InChI=1S/C18H21NO3/c1-2-3-9-20-16-6-4-5-14(10-16)12-19-15-7-8-17-18(11-15)22-13-21-17/h4-8,10-11,19H,2-3,9,12-13H2,1H3. The van der Waals surface area contributed by atoms with Crippen LogP contribution in [0.3, 0.4) is 0 Å². The van der Waals surface area contributed by atoms with Crippen molar-refractivity contribution < 1.29 is 14.2 Å². The van der Waals surface area contributed by atoms with Gasteiger partial charge in [-0.05, 0) is 36.2 Å². The monoisotopic (exact) mass is 299 g/mol. The highest BCUT2D eigenvalue weighted by molar-refractivity contribution is 5.55. The van der Waals surface area contributed by atoms with Crippen LogP contribution >= 0.6 is 0 Å². The molecule has 0 spiro atoms. The van der Waals surface area contributed by atoms with Crippen LogP contribution in [0.1, 0.15) is 25.3 Å². The molecule has 4 heteroatoms. The zero-order valence-electron chi connectivity index (χ0n) is 12.8. The molecule has 1 N–H and O–H groups in total. The van der Waals surface area contributed by atoms with Gasteiger partial charge in [-0.25, -0.2) is 0 Å². The van der Waals surface area contributed by atoms with E-state index in [1.165, 1.54) is 5.56 Å². The van der Waals surface area contributed by atoms with Gasteiger partial charge in [0.25, 0.3) is 0 Å². The fraction of sp³-hybridized carbons (Fsp3) is 0.333. The van der Waals surface area contributed by atoms with Crippen molar-refractivity contribution in [2.75, 3.05) is 18.7 Å². The Labute approximate surface area is 131 Å².